The number of nitrogens with one attached hydrogen (secondary N) is 1. The van der Waals surface area contributed by atoms with Crippen LogP contribution in [0.15, 0.2) is 48.7 Å². The van der Waals surface area contributed by atoms with E-state index in [-0.39, 0.29) is 24.4 Å². The zero-order chi connectivity index (χ0) is 20.1. The molecule has 1 aliphatic carbocycles. The lowest BCUT2D eigenvalue weighted by Crippen LogP contribution is -2.46. The molecule has 1 aliphatic rings. The molecule has 6 nitrogen and oxygen atoms in total. The van der Waals surface area contributed by atoms with Crippen LogP contribution in [0.3, 0.4) is 0 Å². The molecule has 1 aromatic heterocycles. The Balaban J connectivity index is 1.68. The maximum Gasteiger partial charge on any atom is 0.322 e. The van der Waals surface area contributed by atoms with Gasteiger partial charge in [-0.2, -0.15) is 0 Å². The summed E-state index contributed by atoms with van der Waals surface area (Å²) in [5, 5.41) is 2.90. The molecule has 3 rings (SSSR count). The van der Waals surface area contributed by atoms with Gasteiger partial charge in [0.25, 0.3) is 0 Å². The van der Waals surface area contributed by atoms with Gasteiger partial charge in [0.05, 0.1) is 6.54 Å². The first-order chi connectivity index (χ1) is 13.4. The summed E-state index contributed by atoms with van der Waals surface area (Å²) >= 11 is 0. The van der Waals surface area contributed by atoms with Crippen LogP contribution in [0.25, 0.3) is 0 Å². The molecule has 0 atom stereocenters. The minimum absolute atomic E-state index is 0.00700. The first-order valence-corrected chi connectivity index (χ1v) is 9.94. The van der Waals surface area contributed by atoms with Crippen LogP contribution in [0.2, 0.25) is 0 Å². The van der Waals surface area contributed by atoms with Gasteiger partial charge in [-0.1, -0.05) is 32.0 Å². The normalized spacial score (nSPS) is 13.4. The molecule has 6 heteroatoms. The van der Waals surface area contributed by atoms with Crippen molar-refractivity contribution < 1.29 is 9.59 Å². The molecule has 0 saturated heterocycles. The molecule has 28 heavy (non-hydrogen) atoms. The van der Waals surface area contributed by atoms with Gasteiger partial charge in [-0.15, -0.1) is 0 Å². The Kier molecular flexibility index (Phi) is 6.39. The molecular weight excluding hydrogens is 352 g/mol. The van der Waals surface area contributed by atoms with Crippen molar-refractivity contribution in [3.63, 3.8) is 0 Å². The summed E-state index contributed by atoms with van der Waals surface area (Å²) in [5.41, 5.74) is 1.83. The molecule has 1 fully saturated rings. The molecular formula is C22H30N4O2. The quantitative estimate of drug-likeness (QED) is 0.757. The van der Waals surface area contributed by atoms with E-state index in [4.69, 9.17) is 0 Å². The van der Waals surface area contributed by atoms with Crippen molar-refractivity contribution in [3.05, 3.63) is 54.4 Å². The van der Waals surface area contributed by atoms with Gasteiger partial charge in [0.2, 0.25) is 5.91 Å². The summed E-state index contributed by atoms with van der Waals surface area (Å²) in [4.78, 5) is 29.5. The maximum absolute atomic E-state index is 13.1. The molecule has 0 radical (unpaired) electrons. The van der Waals surface area contributed by atoms with Crippen LogP contribution in [-0.4, -0.2) is 45.4 Å². The largest absolute Gasteiger partial charge is 0.353 e. The highest BCUT2D eigenvalue weighted by Crippen LogP contribution is 2.28. The van der Waals surface area contributed by atoms with Crippen LogP contribution in [0.5, 0.6) is 0 Å². The fraction of sp³-hybridized carbons (Fsp3) is 0.455. The SMILES string of the molecule is CC(C)CN(CC(=O)N(Cc1cccn1C)C1CC1)C(=O)Nc1ccccc1. The van der Waals surface area contributed by atoms with Crippen molar-refractivity contribution in [1.29, 1.82) is 0 Å². The summed E-state index contributed by atoms with van der Waals surface area (Å²) in [6.45, 7) is 5.32. The lowest BCUT2D eigenvalue weighted by molar-refractivity contribution is -0.133. The number of carbonyl (C=O) groups is 2. The third-order valence-corrected chi connectivity index (χ3v) is 4.92. The molecule has 3 amide bonds. The Morgan fingerprint density at radius 2 is 1.86 bits per heavy atom. The second-order valence-corrected chi connectivity index (χ2v) is 7.93. The second kappa shape index (κ2) is 8.95. The van der Waals surface area contributed by atoms with Gasteiger partial charge >= 0.3 is 6.03 Å². The lowest BCUT2D eigenvalue weighted by atomic mass is 10.2. The number of amides is 3. The predicted octanol–water partition coefficient (Wildman–Crippen LogP) is 3.71. The molecule has 0 aliphatic heterocycles. The number of rotatable bonds is 8. The topological polar surface area (TPSA) is 57.6 Å². The Morgan fingerprint density at radius 3 is 2.43 bits per heavy atom. The Hall–Kier alpha value is -2.76. The van der Waals surface area contributed by atoms with Crippen LogP contribution in [-0.2, 0) is 18.4 Å². The van der Waals surface area contributed by atoms with Crippen molar-refractivity contribution >= 4 is 17.6 Å². The number of anilines is 1. The molecule has 0 unspecified atom stereocenters. The monoisotopic (exact) mass is 382 g/mol. The van der Waals surface area contributed by atoms with Gasteiger partial charge in [-0.05, 0) is 43.0 Å². The minimum atomic E-state index is -0.233. The molecule has 0 bridgehead atoms. The van der Waals surface area contributed by atoms with Crippen LogP contribution in [0, 0.1) is 5.92 Å². The number of para-hydroxylation sites is 1. The van der Waals surface area contributed by atoms with Crippen LogP contribution in [0.4, 0.5) is 10.5 Å². The maximum atomic E-state index is 13.1. The van der Waals surface area contributed by atoms with E-state index >= 15 is 0 Å². The van der Waals surface area contributed by atoms with Crippen LogP contribution in [0.1, 0.15) is 32.4 Å². The zero-order valence-electron chi connectivity index (χ0n) is 17.0. The van der Waals surface area contributed by atoms with E-state index in [2.05, 4.69) is 19.2 Å². The predicted molar refractivity (Wildman–Crippen MR) is 111 cm³/mol. The van der Waals surface area contributed by atoms with Gasteiger partial charge < -0.3 is 19.7 Å². The van der Waals surface area contributed by atoms with E-state index < -0.39 is 0 Å². The summed E-state index contributed by atoms with van der Waals surface area (Å²) in [5.74, 6) is 0.282. The van der Waals surface area contributed by atoms with Crippen LogP contribution < -0.4 is 5.32 Å². The highest BCUT2D eigenvalue weighted by Gasteiger charge is 2.34. The third kappa shape index (κ3) is 5.38. The highest BCUT2D eigenvalue weighted by molar-refractivity contribution is 5.92. The summed E-state index contributed by atoms with van der Waals surface area (Å²) < 4.78 is 2.04. The first-order valence-electron chi connectivity index (χ1n) is 9.94. The van der Waals surface area contributed by atoms with Crippen molar-refractivity contribution in [2.75, 3.05) is 18.4 Å². The summed E-state index contributed by atoms with van der Waals surface area (Å²) in [6, 6.07) is 13.4. The minimum Gasteiger partial charge on any atom is -0.353 e. The lowest BCUT2D eigenvalue weighted by Gasteiger charge is -2.29. The number of urea groups is 1. The number of hydrogen-bond donors (Lipinski definition) is 1. The fourth-order valence-electron chi connectivity index (χ4n) is 3.28. The van der Waals surface area contributed by atoms with E-state index in [1.807, 2.05) is 65.2 Å². The summed E-state index contributed by atoms with van der Waals surface area (Å²) in [7, 11) is 1.99. The Bertz CT molecular complexity index is 796. The average Bonchev–Trinajstić information content (AvgIpc) is 3.41. The molecule has 2 aromatic rings. The highest BCUT2D eigenvalue weighted by atomic mass is 16.2. The Morgan fingerprint density at radius 1 is 1.14 bits per heavy atom. The number of aryl methyl sites for hydroxylation is 1. The van der Waals surface area contributed by atoms with E-state index in [1.165, 1.54) is 0 Å². The van der Waals surface area contributed by atoms with Gasteiger partial charge in [0.15, 0.2) is 0 Å². The smallest absolute Gasteiger partial charge is 0.322 e. The van der Waals surface area contributed by atoms with Crippen molar-refractivity contribution in [1.82, 2.24) is 14.4 Å². The molecule has 1 saturated carbocycles. The number of benzene rings is 1. The number of nitrogens with zero attached hydrogens (tertiary/aromatic N) is 3. The van der Waals surface area contributed by atoms with E-state index in [0.29, 0.717) is 19.1 Å². The fourth-order valence-corrected chi connectivity index (χ4v) is 3.28. The van der Waals surface area contributed by atoms with Gasteiger partial charge in [0, 0.05) is 37.2 Å². The zero-order valence-corrected chi connectivity index (χ0v) is 17.0. The molecule has 0 spiro atoms. The standard InChI is InChI=1S/C22H30N4O2/c1-17(2)14-25(22(28)23-18-8-5-4-6-9-18)16-21(27)26(19-11-12-19)15-20-10-7-13-24(20)3/h4-10,13,17,19H,11-12,14-16H2,1-3H3,(H,23,28). The van der Waals surface area contributed by atoms with Crippen molar-refractivity contribution in [3.8, 4) is 0 Å². The van der Waals surface area contributed by atoms with Crippen molar-refractivity contribution in [2.45, 2.75) is 39.3 Å². The number of hydrogen-bond acceptors (Lipinski definition) is 2. The molecule has 150 valence electrons. The summed E-state index contributed by atoms with van der Waals surface area (Å²) in [6.07, 6.45) is 4.07. The van der Waals surface area contributed by atoms with Crippen LogP contribution >= 0.6 is 0 Å². The third-order valence-electron chi connectivity index (χ3n) is 4.92. The van der Waals surface area contributed by atoms with Crippen molar-refractivity contribution in [2.24, 2.45) is 13.0 Å². The molecule has 1 aromatic carbocycles. The van der Waals surface area contributed by atoms with Gasteiger partial charge in [-0.3, -0.25) is 4.79 Å². The van der Waals surface area contributed by atoms with Gasteiger partial charge in [-0.25, -0.2) is 4.79 Å². The van der Waals surface area contributed by atoms with E-state index in [9.17, 15) is 9.59 Å². The van der Waals surface area contributed by atoms with E-state index in [0.717, 1.165) is 24.2 Å². The number of carbonyl (C=O) groups excluding carboxylic acids is 2. The second-order valence-electron chi connectivity index (χ2n) is 7.93. The number of aromatic nitrogens is 1. The van der Waals surface area contributed by atoms with Gasteiger partial charge in [0.1, 0.15) is 6.54 Å². The molecule has 1 heterocycles. The first kappa shape index (κ1) is 20.0. The Labute approximate surface area is 167 Å². The molecule has 1 N–H and O–H groups in total. The average molecular weight is 383 g/mol. The van der Waals surface area contributed by atoms with E-state index in [1.54, 1.807) is 4.90 Å².